The van der Waals surface area contributed by atoms with Crippen molar-refractivity contribution in [2.75, 3.05) is 18.6 Å². The number of carbonyl (C=O) groups is 1. The summed E-state index contributed by atoms with van der Waals surface area (Å²) in [6.07, 6.45) is -4.07. The van der Waals surface area contributed by atoms with Crippen molar-refractivity contribution >= 4 is 23.2 Å². The molecule has 0 saturated heterocycles. The predicted molar refractivity (Wildman–Crippen MR) is 119 cm³/mol. The number of anilines is 1. The van der Waals surface area contributed by atoms with Gasteiger partial charge in [0.15, 0.2) is 0 Å². The van der Waals surface area contributed by atoms with Crippen LogP contribution in [0, 0.1) is 0 Å². The Morgan fingerprint density at radius 1 is 1.06 bits per heavy atom. The molecule has 1 unspecified atom stereocenters. The molecule has 3 rings (SSSR count). The maximum atomic E-state index is 13.3. The quantitative estimate of drug-likeness (QED) is 0.494. The van der Waals surface area contributed by atoms with Crippen molar-refractivity contribution < 1.29 is 22.7 Å². The fourth-order valence-corrected chi connectivity index (χ4v) is 3.45. The summed E-state index contributed by atoms with van der Waals surface area (Å²) in [7, 11) is 1.47. The average Bonchev–Trinajstić information content (AvgIpc) is 2.79. The molecule has 3 aromatic rings. The summed E-state index contributed by atoms with van der Waals surface area (Å²) in [5.74, 6) is 0.0391. The number of alkyl halides is 3. The van der Waals surface area contributed by atoms with Crippen LogP contribution in [0.2, 0.25) is 5.02 Å². The second-order valence-electron chi connectivity index (χ2n) is 7.14. The first kappa shape index (κ1) is 23.6. The van der Waals surface area contributed by atoms with E-state index in [0.717, 1.165) is 12.1 Å². The SMILES string of the molecule is COc1cc(N(CCc2ccc(C(F)(F)F)cc2)C(=O)C(N)c2ccccc2)ccc1Cl. The van der Waals surface area contributed by atoms with Gasteiger partial charge in [-0.2, -0.15) is 13.2 Å². The molecule has 0 aliphatic heterocycles. The number of carbonyl (C=O) groups excluding carboxylic acids is 1. The Labute approximate surface area is 189 Å². The molecule has 8 heteroatoms. The van der Waals surface area contributed by atoms with Crippen LogP contribution in [0.15, 0.2) is 72.8 Å². The van der Waals surface area contributed by atoms with Gasteiger partial charge in [-0.3, -0.25) is 4.79 Å². The number of nitrogens with zero attached hydrogens (tertiary/aromatic N) is 1. The Morgan fingerprint density at radius 3 is 2.31 bits per heavy atom. The Morgan fingerprint density at radius 2 is 1.72 bits per heavy atom. The van der Waals surface area contributed by atoms with Crippen LogP contribution in [0.1, 0.15) is 22.7 Å². The van der Waals surface area contributed by atoms with E-state index in [2.05, 4.69) is 0 Å². The van der Waals surface area contributed by atoms with Crippen LogP contribution in [-0.2, 0) is 17.4 Å². The van der Waals surface area contributed by atoms with Crippen molar-refractivity contribution in [2.45, 2.75) is 18.6 Å². The minimum Gasteiger partial charge on any atom is -0.495 e. The summed E-state index contributed by atoms with van der Waals surface area (Å²) in [4.78, 5) is 14.8. The fraction of sp³-hybridized carbons (Fsp3) is 0.208. The molecule has 0 fully saturated rings. The predicted octanol–water partition coefficient (Wildman–Crippen LogP) is 5.64. The van der Waals surface area contributed by atoms with Crippen LogP contribution in [-0.4, -0.2) is 19.6 Å². The zero-order valence-electron chi connectivity index (χ0n) is 17.3. The molecule has 0 aliphatic carbocycles. The Kier molecular flexibility index (Phi) is 7.43. The second-order valence-corrected chi connectivity index (χ2v) is 7.55. The van der Waals surface area contributed by atoms with E-state index in [4.69, 9.17) is 22.1 Å². The van der Waals surface area contributed by atoms with E-state index in [0.29, 0.717) is 34.0 Å². The van der Waals surface area contributed by atoms with Crippen LogP contribution >= 0.6 is 11.6 Å². The third-order valence-corrected chi connectivity index (χ3v) is 5.35. The average molecular weight is 463 g/mol. The molecule has 0 saturated carbocycles. The van der Waals surface area contributed by atoms with E-state index >= 15 is 0 Å². The lowest BCUT2D eigenvalue weighted by molar-refractivity contribution is -0.137. The largest absolute Gasteiger partial charge is 0.495 e. The van der Waals surface area contributed by atoms with Gasteiger partial charge in [0.1, 0.15) is 11.8 Å². The molecule has 1 atom stereocenters. The van der Waals surface area contributed by atoms with Crippen LogP contribution in [0.25, 0.3) is 0 Å². The van der Waals surface area contributed by atoms with E-state index in [1.54, 1.807) is 42.5 Å². The van der Waals surface area contributed by atoms with E-state index in [1.165, 1.54) is 24.1 Å². The summed E-state index contributed by atoms with van der Waals surface area (Å²) in [5, 5.41) is 0.388. The molecule has 168 valence electrons. The zero-order chi connectivity index (χ0) is 23.3. The van der Waals surface area contributed by atoms with Crippen LogP contribution in [0.4, 0.5) is 18.9 Å². The minimum atomic E-state index is -4.40. The molecule has 0 heterocycles. The van der Waals surface area contributed by atoms with E-state index in [1.807, 2.05) is 6.07 Å². The highest BCUT2D eigenvalue weighted by molar-refractivity contribution is 6.32. The molecule has 3 aromatic carbocycles. The summed E-state index contributed by atoms with van der Waals surface area (Å²) < 4.78 is 43.7. The third kappa shape index (κ3) is 5.60. The lowest BCUT2D eigenvalue weighted by atomic mass is 10.0. The van der Waals surface area contributed by atoms with Gasteiger partial charge in [-0.05, 0) is 41.8 Å². The first-order valence-electron chi connectivity index (χ1n) is 9.82. The Bertz CT molecular complexity index is 1060. The Hall–Kier alpha value is -3.03. The second kappa shape index (κ2) is 10.1. The number of halogens is 4. The number of methoxy groups -OCH3 is 1. The molecule has 0 aromatic heterocycles. The van der Waals surface area contributed by atoms with Gasteiger partial charge >= 0.3 is 6.18 Å². The number of nitrogens with two attached hydrogens (primary N) is 1. The van der Waals surface area contributed by atoms with Crippen LogP contribution < -0.4 is 15.4 Å². The van der Waals surface area contributed by atoms with Crippen molar-refractivity contribution in [2.24, 2.45) is 5.73 Å². The highest BCUT2D eigenvalue weighted by Crippen LogP contribution is 2.31. The number of benzene rings is 3. The molecular weight excluding hydrogens is 441 g/mol. The van der Waals surface area contributed by atoms with Gasteiger partial charge in [0.2, 0.25) is 5.91 Å². The maximum Gasteiger partial charge on any atom is 0.416 e. The first-order valence-corrected chi connectivity index (χ1v) is 10.2. The monoisotopic (exact) mass is 462 g/mol. The third-order valence-electron chi connectivity index (χ3n) is 5.04. The van der Waals surface area contributed by atoms with E-state index < -0.39 is 17.8 Å². The van der Waals surface area contributed by atoms with Gasteiger partial charge in [0.25, 0.3) is 0 Å². The number of ether oxygens (including phenoxy) is 1. The lowest BCUT2D eigenvalue weighted by Crippen LogP contribution is -2.40. The van der Waals surface area contributed by atoms with Crippen molar-refractivity contribution in [3.05, 3.63) is 94.5 Å². The molecule has 0 bridgehead atoms. The summed E-state index contributed by atoms with van der Waals surface area (Å²) in [6.45, 7) is 0.204. The smallest absolute Gasteiger partial charge is 0.416 e. The topological polar surface area (TPSA) is 55.6 Å². The molecular formula is C24H22ClF3N2O2. The zero-order valence-corrected chi connectivity index (χ0v) is 18.0. The van der Waals surface area contributed by atoms with Gasteiger partial charge in [0.05, 0.1) is 17.7 Å². The maximum absolute atomic E-state index is 13.3. The fourth-order valence-electron chi connectivity index (χ4n) is 3.26. The number of rotatable bonds is 7. The lowest BCUT2D eigenvalue weighted by Gasteiger charge is -2.27. The van der Waals surface area contributed by atoms with Gasteiger partial charge < -0.3 is 15.4 Å². The Balaban J connectivity index is 1.87. The van der Waals surface area contributed by atoms with E-state index in [9.17, 15) is 18.0 Å². The van der Waals surface area contributed by atoms with Gasteiger partial charge in [-0.15, -0.1) is 0 Å². The van der Waals surface area contributed by atoms with Crippen LogP contribution in [0.3, 0.4) is 0 Å². The van der Waals surface area contributed by atoms with Gasteiger partial charge in [-0.25, -0.2) is 0 Å². The number of hydrogen-bond acceptors (Lipinski definition) is 3. The van der Waals surface area contributed by atoms with Crippen LogP contribution in [0.5, 0.6) is 5.75 Å². The summed E-state index contributed by atoms with van der Waals surface area (Å²) >= 11 is 6.12. The molecule has 0 aliphatic rings. The summed E-state index contributed by atoms with van der Waals surface area (Å²) in [6, 6.07) is 17.8. The molecule has 2 N–H and O–H groups in total. The van der Waals surface area contributed by atoms with Crippen molar-refractivity contribution in [1.82, 2.24) is 0 Å². The van der Waals surface area contributed by atoms with Crippen molar-refractivity contribution in [1.29, 1.82) is 0 Å². The summed E-state index contributed by atoms with van der Waals surface area (Å²) in [5.41, 5.74) is 7.35. The van der Waals surface area contributed by atoms with Crippen molar-refractivity contribution in [3.63, 3.8) is 0 Å². The van der Waals surface area contributed by atoms with Gasteiger partial charge in [0, 0.05) is 18.3 Å². The molecule has 0 spiro atoms. The van der Waals surface area contributed by atoms with Crippen molar-refractivity contribution in [3.8, 4) is 5.75 Å². The number of hydrogen-bond donors (Lipinski definition) is 1. The molecule has 1 amide bonds. The molecule has 0 radical (unpaired) electrons. The molecule has 4 nitrogen and oxygen atoms in total. The molecule has 32 heavy (non-hydrogen) atoms. The minimum absolute atomic E-state index is 0.204. The number of amides is 1. The standard InChI is InChI=1S/C24H22ClF3N2O2/c1-32-21-15-19(11-12-20(21)25)30(23(31)22(29)17-5-3-2-4-6-17)14-13-16-7-9-18(10-8-16)24(26,27)28/h2-12,15,22H,13-14,29H2,1H3. The highest BCUT2D eigenvalue weighted by atomic mass is 35.5. The normalized spacial score (nSPS) is 12.3. The van der Waals surface area contributed by atoms with E-state index in [-0.39, 0.29) is 12.5 Å². The van der Waals surface area contributed by atoms with Gasteiger partial charge in [-0.1, -0.05) is 54.1 Å². The highest BCUT2D eigenvalue weighted by Gasteiger charge is 2.30. The first-order chi connectivity index (χ1) is 15.2.